The van der Waals surface area contributed by atoms with Crippen LogP contribution in [-0.2, 0) is 0 Å². The van der Waals surface area contributed by atoms with Crippen LogP contribution >= 0.6 is 0 Å². The maximum absolute atomic E-state index is 12.5. The van der Waals surface area contributed by atoms with Gasteiger partial charge in [0.2, 0.25) is 0 Å². The number of benzene rings is 3. The van der Waals surface area contributed by atoms with E-state index in [9.17, 15) is 10.0 Å². The van der Waals surface area contributed by atoms with Gasteiger partial charge in [-0.15, -0.1) is 0 Å². The van der Waals surface area contributed by atoms with Crippen LogP contribution in [0, 0.1) is 6.92 Å². The minimum Gasteiger partial charge on any atom is -0.497 e. The van der Waals surface area contributed by atoms with Crippen LogP contribution < -0.4 is 4.74 Å². The highest BCUT2D eigenvalue weighted by Crippen LogP contribution is 2.31. The van der Waals surface area contributed by atoms with E-state index in [1.54, 1.807) is 19.2 Å². The Morgan fingerprint density at radius 2 is 1.68 bits per heavy atom. The second kappa shape index (κ2) is 8.45. The Morgan fingerprint density at radius 1 is 1.00 bits per heavy atom. The first-order valence-corrected chi connectivity index (χ1v) is 9.86. The molecule has 0 aliphatic carbocycles. The molecular weight excluding hydrogens is 390 g/mol. The summed E-state index contributed by atoms with van der Waals surface area (Å²) in [5.41, 5.74) is 5.59. The molecule has 1 amide bonds. The van der Waals surface area contributed by atoms with Gasteiger partial charge in [0.15, 0.2) is 0 Å². The Kier molecular flexibility index (Phi) is 5.56. The van der Waals surface area contributed by atoms with E-state index in [2.05, 4.69) is 24.3 Å². The number of ether oxygens (including phenoxy) is 1. The molecule has 0 aliphatic rings. The van der Waals surface area contributed by atoms with E-state index >= 15 is 0 Å². The standard InChI is InChI=1S/C25H23N3O3/c1-17-8-10-18(11-9-17)24-16-23(21-6-4-5-7-22(21)25(29)27(2)30)26-28(24)19-12-14-20(31-3)15-13-19/h4-16,30H,1-3H3. The smallest absolute Gasteiger partial charge is 0.277 e. The summed E-state index contributed by atoms with van der Waals surface area (Å²) < 4.78 is 7.13. The maximum atomic E-state index is 12.5. The predicted octanol–water partition coefficient (Wildman–Crippen LogP) is 4.98. The number of hydrogen-bond donors (Lipinski definition) is 1. The molecule has 1 heterocycles. The van der Waals surface area contributed by atoms with Gasteiger partial charge in [-0.3, -0.25) is 10.0 Å². The molecule has 4 aromatic rings. The molecule has 0 bridgehead atoms. The average molecular weight is 413 g/mol. The molecule has 0 saturated carbocycles. The van der Waals surface area contributed by atoms with Gasteiger partial charge in [0, 0.05) is 18.2 Å². The number of nitrogens with zero attached hydrogens (tertiary/aromatic N) is 3. The Bertz CT molecular complexity index is 1210. The number of carbonyl (C=O) groups excluding carboxylic acids is 1. The molecule has 0 saturated heterocycles. The summed E-state index contributed by atoms with van der Waals surface area (Å²) in [6.45, 7) is 2.04. The molecule has 0 aliphatic heterocycles. The molecular formula is C25H23N3O3. The van der Waals surface area contributed by atoms with E-state index in [1.165, 1.54) is 12.6 Å². The first-order valence-electron chi connectivity index (χ1n) is 9.86. The summed E-state index contributed by atoms with van der Waals surface area (Å²) in [7, 11) is 2.94. The lowest BCUT2D eigenvalue weighted by molar-refractivity contribution is -0.0374. The third kappa shape index (κ3) is 4.06. The number of hydroxylamine groups is 2. The number of methoxy groups -OCH3 is 1. The summed E-state index contributed by atoms with van der Waals surface area (Å²) in [6, 6.07) is 24.9. The highest BCUT2D eigenvalue weighted by atomic mass is 16.5. The van der Waals surface area contributed by atoms with Crippen LogP contribution in [0.15, 0.2) is 78.9 Å². The quantitative estimate of drug-likeness (QED) is 0.370. The fourth-order valence-corrected chi connectivity index (χ4v) is 3.43. The zero-order valence-electron chi connectivity index (χ0n) is 17.6. The van der Waals surface area contributed by atoms with Crippen molar-refractivity contribution in [2.24, 2.45) is 0 Å². The molecule has 6 heteroatoms. The predicted molar refractivity (Wildman–Crippen MR) is 120 cm³/mol. The van der Waals surface area contributed by atoms with Crippen LogP contribution in [0.5, 0.6) is 5.75 Å². The second-order valence-electron chi connectivity index (χ2n) is 7.27. The molecule has 0 fully saturated rings. The third-order valence-electron chi connectivity index (χ3n) is 5.10. The van der Waals surface area contributed by atoms with Crippen LogP contribution in [-0.4, -0.2) is 40.1 Å². The molecule has 0 spiro atoms. The van der Waals surface area contributed by atoms with Crippen molar-refractivity contribution >= 4 is 5.91 Å². The summed E-state index contributed by atoms with van der Waals surface area (Å²) in [6.07, 6.45) is 0. The Hall–Kier alpha value is -3.90. The van der Waals surface area contributed by atoms with Crippen molar-refractivity contribution < 1.29 is 14.7 Å². The van der Waals surface area contributed by atoms with Gasteiger partial charge in [0.25, 0.3) is 5.91 Å². The first-order chi connectivity index (χ1) is 15.0. The molecule has 31 heavy (non-hydrogen) atoms. The molecule has 156 valence electrons. The number of aryl methyl sites for hydroxylation is 1. The lowest BCUT2D eigenvalue weighted by atomic mass is 10.0. The maximum Gasteiger partial charge on any atom is 0.277 e. The summed E-state index contributed by atoms with van der Waals surface area (Å²) in [4.78, 5) is 12.5. The highest BCUT2D eigenvalue weighted by molar-refractivity contribution is 6.00. The van der Waals surface area contributed by atoms with Gasteiger partial charge in [-0.25, -0.2) is 9.75 Å². The number of aromatic nitrogens is 2. The van der Waals surface area contributed by atoms with Gasteiger partial charge < -0.3 is 4.74 Å². The molecule has 0 atom stereocenters. The molecule has 0 radical (unpaired) electrons. The van der Waals surface area contributed by atoms with E-state index in [-0.39, 0.29) is 0 Å². The van der Waals surface area contributed by atoms with Crippen LogP contribution in [0.1, 0.15) is 15.9 Å². The number of amides is 1. The normalized spacial score (nSPS) is 10.7. The fourth-order valence-electron chi connectivity index (χ4n) is 3.43. The summed E-state index contributed by atoms with van der Waals surface area (Å²) >= 11 is 0. The van der Waals surface area contributed by atoms with Gasteiger partial charge in [-0.2, -0.15) is 5.10 Å². The molecule has 1 aromatic heterocycles. The third-order valence-corrected chi connectivity index (χ3v) is 5.10. The van der Waals surface area contributed by atoms with E-state index < -0.39 is 5.91 Å². The minimum atomic E-state index is -0.494. The number of hydrogen-bond acceptors (Lipinski definition) is 4. The highest BCUT2D eigenvalue weighted by Gasteiger charge is 2.19. The minimum absolute atomic E-state index is 0.377. The van der Waals surface area contributed by atoms with Gasteiger partial charge in [-0.1, -0.05) is 48.0 Å². The molecule has 0 unspecified atom stereocenters. The zero-order chi connectivity index (χ0) is 22.0. The van der Waals surface area contributed by atoms with Crippen molar-refractivity contribution in [1.29, 1.82) is 0 Å². The lowest BCUT2D eigenvalue weighted by Gasteiger charge is -2.11. The van der Waals surface area contributed by atoms with Gasteiger partial charge in [0.1, 0.15) is 5.75 Å². The molecule has 3 aromatic carbocycles. The van der Waals surface area contributed by atoms with E-state index in [1.807, 2.05) is 54.1 Å². The molecule has 1 N–H and O–H groups in total. The Labute approximate surface area is 180 Å². The zero-order valence-corrected chi connectivity index (χ0v) is 17.6. The second-order valence-corrected chi connectivity index (χ2v) is 7.27. The molecule has 6 nitrogen and oxygen atoms in total. The number of rotatable bonds is 5. The largest absolute Gasteiger partial charge is 0.497 e. The van der Waals surface area contributed by atoms with Crippen molar-refractivity contribution in [2.45, 2.75) is 6.92 Å². The number of carbonyl (C=O) groups is 1. The summed E-state index contributed by atoms with van der Waals surface area (Å²) in [5, 5.41) is 15.1. The Morgan fingerprint density at radius 3 is 2.32 bits per heavy atom. The van der Waals surface area contributed by atoms with E-state index in [0.29, 0.717) is 21.9 Å². The van der Waals surface area contributed by atoms with Gasteiger partial charge >= 0.3 is 0 Å². The monoisotopic (exact) mass is 413 g/mol. The Balaban J connectivity index is 1.90. The van der Waals surface area contributed by atoms with Crippen LogP contribution in [0.2, 0.25) is 0 Å². The van der Waals surface area contributed by atoms with Gasteiger partial charge in [-0.05, 0) is 43.3 Å². The lowest BCUT2D eigenvalue weighted by Crippen LogP contribution is -2.23. The van der Waals surface area contributed by atoms with Gasteiger partial charge in [0.05, 0.1) is 29.7 Å². The first kappa shape index (κ1) is 20.4. The topological polar surface area (TPSA) is 67.6 Å². The SMILES string of the molecule is COc1ccc(-n2nc(-c3ccccc3C(=O)N(C)O)cc2-c2ccc(C)cc2)cc1. The average Bonchev–Trinajstić information content (AvgIpc) is 3.24. The molecule has 4 rings (SSSR count). The summed E-state index contributed by atoms with van der Waals surface area (Å²) in [5.74, 6) is 0.265. The van der Waals surface area contributed by atoms with Crippen LogP contribution in [0.3, 0.4) is 0 Å². The van der Waals surface area contributed by atoms with Crippen molar-refractivity contribution in [1.82, 2.24) is 14.8 Å². The van der Waals surface area contributed by atoms with Crippen LogP contribution in [0.4, 0.5) is 0 Å². The van der Waals surface area contributed by atoms with E-state index in [4.69, 9.17) is 9.84 Å². The van der Waals surface area contributed by atoms with Crippen molar-refractivity contribution in [3.63, 3.8) is 0 Å². The fraction of sp³-hybridized carbons (Fsp3) is 0.120. The van der Waals surface area contributed by atoms with Crippen LogP contribution in [0.25, 0.3) is 28.2 Å². The van der Waals surface area contributed by atoms with Crippen molar-refractivity contribution in [3.05, 3.63) is 90.0 Å². The van der Waals surface area contributed by atoms with Crippen molar-refractivity contribution in [2.75, 3.05) is 14.2 Å². The van der Waals surface area contributed by atoms with E-state index in [0.717, 1.165) is 22.7 Å². The van der Waals surface area contributed by atoms with Crippen molar-refractivity contribution in [3.8, 4) is 34.0 Å².